The third-order valence-electron chi connectivity index (χ3n) is 5.78. The average Bonchev–Trinajstić information content (AvgIpc) is 3.47. The van der Waals surface area contributed by atoms with Crippen LogP contribution in [0.1, 0.15) is 44.2 Å². The Hall–Kier alpha value is -3.68. The molecule has 172 valence electrons. The lowest BCUT2D eigenvalue weighted by molar-refractivity contribution is -0.141. The smallest absolute Gasteiger partial charge is 0.258 e. The van der Waals surface area contributed by atoms with Crippen LogP contribution in [0.2, 0.25) is 0 Å². The van der Waals surface area contributed by atoms with Crippen LogP contribution in [0.15, 0.2) is 60.9 Å². The van der Waals surface area contributed by atoms with Crippen LogP contribution in [0.25, 0.3) is 5.82 Å². The van der Waals surface area contributed by atoms with E-state index in [0.29, 0.717) is 12.3 Å². The highest BCUT2D eigenvalue weighted by Crippen LogP contribution is 2.33. The van der Waals surface area contributed by atoms with Crippen molar-refractivity contribution in [3.8, 4) is 11.6 Å². The van der Waals surface area contributed by atoms with Crippen LogP contribution >= 0.6 is 0 Å². The number of hydrogen-bond acceptors (Lipinski definition) is 5. The van der Waals surface area contributed by atoms with Crippen molar-refractivity contribution in [1.29, 1.82) is 0 Å². The zero-order chi connectivity index (χ0) is 23.4. The van der Waals surface area contributed by atoms with Gasteiger partial charge in [0.25, 0.3) is 5.91 Å². The molecule has 0 spiro atoms. The minimum atomic E-state index is -1.07. The molecule has 1 fully saturated rings. The van der Waals surface area contributed by atoms with Crippen LogP contribution in [0, 0.1) is 6.92 Å². The molecule has 0 radical (unpaired) electrons. The number of rotatable bonds is 7. The lowest BCUT2D eigenvalue weighted by Gasteiger charge is -2.33. The van der Waals surface area contributed by atoms with E-state index in [1.807, 2.05) is 59.0 Å². The molecule has 4 rings (SSSR count). The molecule has 2 aromatic heterocycles. The summed E-state index contributed by atoms with van der Waals surface area (Å²) in [7, 11) is 0. The zero-order valence-electron chi connectivity index (χ0n) is 19.2. The molecule has 1 aromatic carbocycles. The van der Waals surface area contributed by atoms with Crippen LogP contribution < -0.4 is 10.1 Å². The van der Waals surface area contributed by atoms with E-state index >= 15 is 0 Å². The zero-order valence-corrected chi connectivity index (χ0v) is 19.2. The first-order valence-corrected chi connectivity index (χ1v) is 11.1. The SMILES string of the molecule is Cc1nccn1-c1cccc([C@@H]2CCCN2C(=O)C(C)(C)NC(=O)COc2ccccc2)n1. The Kier molecular flexibility index (Phi) is 6.44. The molecule has 33 heavy (non-hydrogen) atoms. The molecule has 1 atom stereocenters. The number of ether oxygens (including phenoxy) is 1. The molecule has 3 heterocycles. The number of para-hydroxylation sites is 1. The maximum Gasteiger partial charge on any atom is 0.258 e. The quantitative estimate of drug-likeness (QED) is 0.601. The van der Waals surface area contributed by atoms with Gasteiger partial charge in [0.15, 0.2) is 6.61 Å². The number of pyridine rings is 1. The van der Waals surface area contributed by atoms with Crippen molar-refractivity contribution < 1.29 is 14.3 Å². The maximum absolute atomic E-state index is 13.5. The second-order valence-corrected chi connectivity index (χ2v) is 8.70. The number of hydrogen-bond donors (Lipinski definition) is 1. The molecular weight excluding hydrogens is 418 g/mol. The van der Waals surface area contributed by atoms with Gasteiger partial charge < -0.3 is 15.0 Å². The van der Waals surface area contributed by atoms with Crippen LogP contribution in [-0.4, -0.2) is 49.9 Å². The van der Waals surface area contributed by atoms with E-state index in [1.165, 1.54) is 0 Å². The number of nitrogens with one attached hydrogen (secondary N) is 1. The van der Waals surface area contributed by atoms with E-state index in [0.717, 1.165) is 30.2 Å². The predicted molar refractivity (Wildman–Crippen MR) is 124 cm³/mol. The number of aromatic nitrogens is 3. The van der Waals surface area contributed by atoms with Crippen LogP contribution in [0.5, 0.6) is 5.75 Å². The lowest BCUT2D eigenvalue weighted by atomic mass is 10.0. The standard InChI is InChI=1S/C25H29N5O3/c1-18-26-14-16-29(18)22-13-7-11-20(27-22)21-12-8-15-30(21)24(32)25(2,3)28-23(31)17-33-19-9-5-4-6-10-19/h4-7,9-11,13-14,16,21H,8,12,15,17H2,1-3H3,(H,28,31)/t21-/m0/s1. The Morgan fingerprint density at radius 2 is 1.94 bits per heavy atom. The van der Waals surface area contributed by atoms with Gasteiger partial charge >= 0.3 is 0 Å². The van der Waals surface area contributed by atoms with Gasteiger partial charge in [0.1, 0.15) is 22.9 Å². The molecular formula is C25H29N5O3. The number of aryl methyl sites for hydroxylation is 1. The molecule has 8 heteroatoms. The van der Waals surface area contributed by atoms with Crippen molar-refractivity contribution in [3.05, 3.63) is 72.4 Å². The lowest BCUT2D eigenvalue weighted by Crippen LogP contribution is -2.56. The highest BCUT2D eigenvalue weighted by molar-refractivity contribution is 5.91. The Balaban J connectivity index is 1.44. The number of amides is 2. The molecule has 1 aliphatic rings. The van der Waals surface area contributed by atoms with E-state index in [4.69, 9.17) is 9.72 Å². The second-order valence-electron chi connectivity index (χ2n) is 8.70. The van der Waals surface area contributed by atoms with Crippen molar-refractivity contribution >= 4 is 11.8 Å². The van der Waals surface area contributed by atoms with Crippen molar-refractivity contribution in [2.24, 2.45) is 0 Å². The first kappa shape index (κ1) is 22.5. The first-order chi connectivity index (χ1) is 15.8. The van der Waals surface area contributed by atoms with Crippen LogP contribution in [0.3, 0.4) is 0 Å². The third kappa shape index (κ3) is 5.05. The van der Waals surface area contributed by atoms with Gasteiger partial charge in [0.2, 0.25) is 5.91 Å². The van der Waals surface area contributed by atoms with Crippen molar-refractivity contribution in [2.75, 3.05) is 13.2 Å². The van der Waals surface area contributed by atoms with E-state index in [2.05, 4.69) is 10.3 Å². The van der Waals surface area contributed by atoms with Crippen molar-refractivity contribution in [1.82, 2.24) is 24.8 Å². The molecule has 0 aliphatic carbocycles. The van der Waals surface area contributed by atoms with E-state index < -0.39 is 5.54 Å². The summed E-state index contributed by atoms with van der Waals surface area (Å²) in [5.41, 5.74) is -0.237. The normalized spacial score (nSPS) is 16.0. The van der Waals surface area contributed by atoms with Crippen molar-refractivity contribution in [3.63, 3.8) is 0 Å². The second kappa shape index (κ2) is 9.44. The van der Waals surface area contributed by atoms with Gasteiger partial charge in [0.05, 0.1) is 11.7 Å². The first-order valence-electron chi connectivity index (χ1n) is 11.1. The molecule has 0 unspecified atom stereocenters. The van der Waals surface area contributed by atoms with Gasteiger partial charge in [-0.2, -0.15) is 0 Å². The van der Waals surface area contributed by atoms with Gasteiger partial charge in [0, 0.05) is 18.9 Å². The topological polar surface area (TPSA) is 89.4 Å². The number of carbonyl (C=O) groups excluding carboxylic acids is 2. The predicted octanol–water partition coefficient (Wildman–Crippen LogP) is 3.21. The average molecular weight is 448 g/mol. The van der Waals surface area contributed by atoms with E-state index in [1.54, 1.807) is 32.2 Å². The highest BCUT2D eigenvalue weighted by atomic mass is 16.5. The molecule has 1 saturated heterocycles. The Labute approximate surface area is 193 Å². The monoisotopic (exact) mass is 447 g/mol. The maximum atomic E-state index is 13.5. The number of nitrogens with zero attached hydrogens (tertiary/aromatic N) is 4. The van der Waals surface area contributed by atoms with Gasteiger partial charge in [-0.1, -0.05) is 24.3 Å². The summed E-state index contributed by atoms with van der Waals surface area (Å²) in [6.45, 7) is 5.84. The molecule has 1 aliphatic heterocycles. The molecule has 0 saturated carbocycles. The molecule has 3 aromatic rings. The Bertz CT molecular complexity index is 1130. The molecule has 2 amide bonds. The van der Waals surface area contributed by atoms with E-state index in [9.17, 15) is 9.59 Å². The molecule has 8 nitrogen and oxygen atoms in total. The van der Waals surface area contributed by atoms with Gasteiger partial charge in [-0.3, -0.25) is 14.2 Å². The third-order valence-corrected chi connectivity index (χ3v) is 5.78. The molecule has 1 N–H and O–H groups in total. The fourth-order valence-corrected chi connectivity index (χ4v) is 4.16. The fraction of sp³-hybridized carbons (Fsp3) is 0.360. The highest BCUT2D eigenvalue weighted by Gasteiger charge is 2.39. The fourth-order valence-electron chi connectivity index (χ4n) is 4.16. The van der Waals surface area contributed by atoms with Gasteiger partial charge in [-0.15, -0.1) is 0 Å². The molecule has 0 bridgehead atoms. The summed E-state index contributed by atoms with van der Waals surface area (Å²) in [6.07, 6.45) is 5.32. The van der Waals surface area contributed by atoms with Gasteiger partial charge in [-0.25, -0.2) is 9.97 Å². The summed E-state index contributed by atoms with van der Waals surface area (Å²) in [5.74, 6) is 1.75. The van der Waals surface area contributed by atoms with Crippen LogP contribution in [0.4, 0.5) is 0 Å². The summed E-state index contributed by atoms with van der Waals surface area (Å²) in [5, 5.41) is 2.83. The summed E-state index contributed by atoms with van der Waals surface area (Å²) in [6, 6.07) is 14.8. The summed E-state index contributed by atoms with van der Waals surface area (Å²) >= 11 is 0. The number of carbonyl (C=O) groups is 2. The Morgan fingerprint density at radius 1 is 1.15 bits per heavy atom. The number of likely N-dealkylation sites (tertiary alicyclic amines) is 1. The number of benzene rings is 1. The minimum absolute atomic E-state index is 0.135. The van der Waals surface area contributed by atoms with Crippen LogP contribution in [-0.2, 0) is 9.59 Å². The summed E-state index contributed by atoms with van der Waals surface area (Å²) < 4.78 is 7.43. The summed E-state index contributed by atoms with van der Waals surface area (Å²) in [4.78, 5) is 36.8. The van der Waals surface area contributed by atoms with E-state index in [-0.39, 0.29) is 24.5 Å². The largest absolute Gasteiger partial charge is 0.484 e. The van der Waals surface area contributed by atoms with Gasteiger partial charge in [-0.05, 0) is 57.9 Å². The minimum Gasteiger partial charge on any atom is -0.484 e. The number of imidazole rings is 1. The van der Waals surface area contributed by atoms with Crippen molar-refractivity contribution in [2.45, 2.75) is 45.2 Å². The Morgan fingerprint density at radius 3 is 2.67 bits per heavy atom.